The van der Waals surface area contributed by atoms with Gasteiger partial charge < -0.3 is 0 Å². The molecule has 0 fully saturated rings. The van der Waals surface area contributed by atoms with Gasteiger partial charge in [-0.05, 0) is 42.5 Å². The smallest absolute Gasteiger partial charge is 0.114 e. The van der Waals surface area contributed by atoms with Crippen LogP contribution in [0.25, 0.3) is 0 Å². The number of allylic oxidation sites excluding steroid dienone is 2. The summed E-state index contributed by atoms with van der Waals surface area (Å²) in [6.45, 7) is 0. The van der Waals surface area contributed by atoms with Gasteiger partial charge in [0.1, 0.15) is 23.2 Å². The topological polar surface area (TPSA) is 0 Å². The van der Waals surface area contributed by atoms with Gasteiger partial charge in [0.15, 0.2) is 0 Å². The van der Waals surface area contributed by atoms with Crippen molar-refractivity contribution in [3.05, 3.63) is 103 Å². The van der Waals surface area contributed by atoms with Crippen molar-refractivity contribution in [3.63, 3.8) is 0 Å². The minimum absolute atomic E-state index is 0. The molecule has 0 aliphatic carbocycles. The van der Waals surface area contributed by atoms with Crippen LogP contribution in [0.4, 0.5) is 0 Å². The first kappa shape index (κ1) is 20.1. The summed E-state index contributed by atoms with van der Waals surface area (Å²) in [4.78, 5) is 0. The van der Waals surface area contributed by atoms with Gasteiger partial charge in [-0.25, -0.2) is 0 Å². The highest BCUT2D eigenvalue weighted by Gasteiger charge is 2.43. The molecule has 0 saturated carbocycles. The van der Waals surface area contributed by atoms with Crippen molar-refractivity contribution < 1.29 is 0 Å². The minimum Gasteiger partial charge on any atom is -0.114 e. The van der Waals surface area contributed by atoms with Gasteiger partial charge in [-0.15, -0.1) is 17.0 Å². The second-order valence-electron chi connectivity index (χ2n) is 5.62. The van der Waals surface area contributed by atoms with Crippen LogP contribution in [0.2, 0.25) is 0 Å². The Labute approximate surface area is 170 Å². The van der Waals surface area contributed by atoms with E-state index in [1.54, 1.807) is 0 Å². The Balaban J connectivity index is 0.00000225. The quantitative estimate of drug-likeness (QED) is 0.250. The fraction of sp³-hybridized carbons (Fsp3) is 0.0909. The molecular formula is C22H22Br2P+. The number of halogens is 2. The molecule has 128 valence electrons. The maximum atomic E-state index is 3.51. The summed E-state index contributed by atoms with van der Waals surface area (Å²) in [6, 6.07) is 33.0. The Hall–Kier alpha value is -1.21. The molecule has 0 atom stereocenters. The van der Waals surface area contributed by atoms with E-state index in [1.807, 2.05) is 0 Å². The molecule has 0 amide bonds. The minimum atomic E-state index is -1.69. The Morgan fingerprint density at radius 3 is 1.28 bits per heavy atom. The molecule has 0 aromatic heterocycles. The zero-order chi connectivity index (χ0) is 16.7. The monoisotopic (exact) mass is 475 g/mol. The fourth-order valence-electron chi connectivity index (χ4n) is 3.11. The number of rotatable bonds is 6. The third kappa shape index (κ3) is 4.50. The van der Waals surface area contributed by atoms with E-state index in [4.69, 9.17) is 0 Å². The van der Waals surface area contributed by atoms with Crippen LogP contribution in [0, 0.1) is 0 Å². The maximum Gasteiger partial charge on any atom is 0.115 e. The lowest BCUT2D eigenvalue weighted by Gasteiger charge is -2.26. The summed E-state index contributed by atoms with van der Waals surface area (Å²) in [7, 11) is -1.69. The van der Waals surface area contributed by atoms with Crippen molar-refractivity contribution in [1.82, 2.24) is 0 Å². The average molecular weight is 477 g/mol. The van der Waals surface area contributed by atoms with E-state index in [2.05, 4.69) is 119 Å². The van der Waals surface area contributed by atoms with Gasteiger partial charge in [0.05, 0.1) is 6.16 Å². The van der Waals surface area contributed by atoms with Crippen LogP contribution in [0.1, 0.15) is 0 Å². The Bertz CT molecular complexity index is 674. The lowest BCUT2D eigenvalue weighted by atomic mass is 10.4. The van der Waals surface area contributed by atoms with Crippen LogP contribution in [0.5, 0.6) is 0 Å². The van der Waals surface area contributed by atoms with Crippen molar-refractivity contribution in [2.45, 2.75) is 0 Å². The third-order valence-corrected chi connectivity index (χ3v) is 8.90. The lowest BCUT2D eigenvalue weighted by molar-refractivity contribution is 1.62. The molecule has 25 heavy (non-hydrogen) atoms. The zero-order valence-electron chi connectivity index (χ0n) is 14.0. The molecule has 3 aromatic rings. The summed E-state index contributed by atoms with van der Waals surface area (Å²) in [5, 5.41) is 5.19. The highest BCUT2D eigenvalue weighted by molar-refractivity contribution is 9.09. The molecule has 3 rings (SSSR count). The Morgan fingerprint density at radius 2 is 0.960 bits per heavy atom. The molecular weight excluding hydrogens is 455 g/mol. The molecule has 0 radical (unpaired) electrons. The summed E-state index contributed by atoms with van der Waals surface area (Å²) >= 11 is 3.51. The van der Waals surface area contributed by atoms with Gasteiger partial charge in [-0.3, -0.25) is 0 Å². The SMILES string of the molecule is Br.BrC/C=C/C[P+](c1ccccc1)(c1ccccc1)c1ccccc1. The molecule has 0 aliphatic rings. The highest BCUT2D eigenvalue weighted by Crippen LogP contribution is 2.55. The zero-order valence-corrected chi connectivity index (χ0v) is 18.2. The fourth-order valence-corrected chi connectivity index (χ4v) is 7.41. The predicted octanol–water partition coefficient (Wildman–Crippen LogP) is 5.51. The summed E-state index contributed by atoms with van der Waals surface area (Å²) in [5.74, 6) is 0. The number of alkyl halides is 1. The van der Waals surface area contributed by atoms with Gasteiger partial charge in [0, 0.05) is 5.33 Å². The van der Waals surface area contributed by atoms with Gasteiger partial charge in [-0.1, -0.05) is 76.6 Å². The predicted molar refractivity (Wildman–Crippen MR) is 123 cm³/mol. The third-order valence-electron chi connectivity index (χ3n) is 4.23. The van der Waals surface area contributed by atoms with Crippen molar-refractivity contribution in [2.24, 2.45) is 0 Å². The van der Waals surface area contributed by atoms with Crippen LogP contribution >= 0.6 is 40.2 Å². The van der Waals surface area contributed by atoms with Gasteiger partial charge >= 0.3 is 0 Å². The molecule has 0 unspecified atom stereocenters. The van der Waals surface area contributed by atoms with Crippen LogP contribution in [0.3, 0.4) is 0 Å². The van der Waals surface area contributed by atoms with Crippen molar-refractivity contribution in [2.75, 3.05) is 11.5 Å². The Kier molecular flexibility index (Phi) is 8.09. The van der Waals surface area contributed by atoms with Crippen LogP contribution in [-0.4, -0.2) is 11.5 Å². The highest BCUT2D eigenvalue weighted by atomic mass is 79.9. The van der Waals surface area contributed by atoms with E-state index in [1.165, 1.54) is 15.9 Å². The molecule has 0 aliphatic heterocycles. The van der Waals surface area contributed by atoms with Gasteiger partial charge in [0.2, 0.25) is 0 Å². The van der Waals surface area contributed by atoms with Crippen LogP contribution < -0.4 is 15.9 Å². The van der Waals surface area contributed by atoms with Crippen molar-refractivity contribution in [1.29, 1.82) is 0 Å². The van der Waals surface area contributed by atoms with Crippen LogP contribution in [0.15, 0.2) is 103 Å². The second kappa shape index (κ2) is 10.1. The van der Waals surface area contributed by atoms with E-state index in [0.29, 0.717) is 0 Å². The first-order chi connectivity index (χ1) is 11.9. The molecule has 0 nitrogen and oxygen atoms in total. The molecule has 0 heterocycles. The average Bonchev–Trinajstić information content (AvgIpc) is 2.68. The van der Waals surface area contributed by atoms with Crippen molar-refractivity contribution in [3.8, 4) is 0 Å². The van der Waals surface area contributed by atoms with Gasteiger partial charge in [-0.2, -0.15) is 0 Å². The molecule has 0 saturated heterocycles. The maximum absolute atomic E-state index is 3.51. The summed E-state index contributed by atoms with van der Waals surface area (Å²) in [6.07, 6.45) is 5.58. The van der Waals surface area contributed by atoms with E-state index in [0.717, 1.165) is 11.5 Å². The van der Waals surface area contributed by atoms with Crippen molar-refractivity contribution >= 4 is 56.1 Å². The molecule has 3 aromatic carbocycles. The number of benzene rings is 3. The van der Waals surface area contributed by atoms with E-state index < -0.39 is 7.26 Å². The first-order valence-electron chi connectivity index (χ1n) is 8.14. The summed E-state index contributed by atoms with van der Waals surface area (Å²) in [5.41, 5.74) is 0. The standard InChI is InChI=1S/C22H21BrP.BrH/c23-18-10-11-19-24(20-12-4-1-5-13-20,21-14-6-2-7-15-21)22-16-8-3-9-17-22;/h1-17H,18-19H2;1H/q+1;/b11-10+;. The van der Waals surface area contributed by atoms with Crippen LogP contribution in [-0.2, 0) is 0 Å². The molecule has 3 heteroatoms. The lowest BCUT2D eigenvalue weighted by Crippen LogP contribution is -2.32. The van der Waals surface area contributed by atoms with E-state index in [-0.39, 0.29) is 17.0 Å². The molecule has 0 bridgehead atoms. The number of hydrogen-bond donors (Lipinski definition) is 0. The van der Waals surface area contributed by atoms with Gasteiger partial charge in [0.25, 0.3) is 0 Å². The van der Waals surface area contributed by atoms with E-state index >= 15 is 0 Å². The summed E-state index contributed by atoms with van der Waals surface area (Å²) < 4.78 is 0. The largest absolute Gasteiger partial charge is 0.115 e. The van der Waals surface area contributed by atoms with E-state index in [9.17, 15) is 0 Å². The number of hydrogen-bond acceptors (Lipinski definition) is 0. The first-order valence-corrected chi connectivity index (χ1v) is 11.2. The normalized spacial score (nSPS) is 11.2. The second-order valence-corrected chi connectivity index (χ2v) is 9.81. The molecule has 0 N–H and O–H groups in total. The Morgan fingerprint density at radius 1 is 0.600 bits per heavy atom. The molecule has 0 spiro atoms.